The number of amides is 4. The summed E-state index contributed by atoms with van der Waals surface area (Å²) < 4.78 is 0. The highest BCUT2D eigenvalue weighted by molar-refractivity contribution is 8.13. The van der Waals surface area contributed by atoms with Gasteiger partial charge in [-0.3, -0.25) is 5.32 Å². The maximum atomic E-state index is 11.1. The average molecular weight is 218 g/mol. The predicted molar refractivity (Wildman–Crippen MR) is 57.3 cm³/mol. The molecular weight excluding hydrogens is 204 g/mol. The molecule has 0 bridgehead atoms. The van der Waals surface area contributed by atoms with Crippen LogP contribution in [0.5, 0.6) is 0 Å². The highest BCUT2D eigenvalue weighted by atomic mass is 32.2. The first-order valence-electron chi connectivity index (χ1n) is 3.95. The third-order valence-corrected chi connectivity index (χ3v) is 1.63. The molecule has 0 fully saturated rings. The molecular formula is C7H14N4O2S. The Kier molecular flexibility index (Phi) is 5.70. The van der Waals surface area contributed by atoms with Gasteiger partial charge in [0.25, 0.3) is 0 Å². The van der Waals surface area contributed by atoms with Crippen LogP contribution >= 0.6 is 11.8 Å². The molecule has 0 aromatic rings. The number of rotatable bonds is 1. The minimum atomic E-state index is -0.834. The van der Waals surface area contributed by atoms with E-state index in [9.17, 15) is 9.59 Å². The molecule has 0 saturated carbocycles. The van der Waals surface area contributed by atoms with E-state index >= 15 is 0 Å². The molecule has 0 atom stereocenters. The van der Waals surface area contributed by atoms with Crippen molar-refractivity contribution in [1.82, 2.24) is 10.6 Å². The number of aliphatic imine (C=N–C) groups is 1. The van der Waals surface area contributed by atoms with E-state index < -0.39 is 12.1 Å². The van der Waals surface area contributed by atoms with Crippen LogP contribution in [0.1, 0.15) is 13.8 Å². The zero-order chi connectivity index (χ0) is 11.1. The molecule has 0 aromatic carbocycles. The van der Waals surface area contributed by atoms with Crippen molar-refractivity contribution in [2.75, 3.05) is 6.26 Å². The van der Waals surface area contributed by atoms with Gasteiger partial charge in [0.2, 0.25) is 0 Å². The first kappa shape index (κ1) is 12.8. The number of nitrogens with one attached hydrogen (secondary N) is 2. The summed E-state index contributed by atoms with van der Waals surface area (Å²) in [6.45, 7) is 3.65. The summed E-state index contributed by atoms with van der Waals surface area (Å²) in [4.78, 5) is 24.9. The van der Waals surface area contributed by atoms with Crippen LogP contribution in [0.25, 0.3) is 0 Å². The van der Waals surface area contributed by atoms with Crippen molar-refractivity contribution in [3.05, 3.63) is 0 Å². The molecule has 0 aliphatic rings. The summed E-state index contributed by atoms with van der Waals surface area (Å²) in [5, 5.41) is 5.15. The van der Waals surface area contributed by atoms with Gasteiger partial charge >= 0.3 is 12.1 Å². The van der Waals surface area contributed by atoms with Gasteiger partial charge in [-0.05, 0) is 20.1 Å². The molecule has 0 heterocycles. The van der Waals surface area contributed by atoms with Gasteiger partial charge < -0.3 is 11.1 Å². The fourth-order valence-electron chi connectivity index (χ4n) is 0.620. The molecule has 7 heteroatoms. The summed E-state index contributed by atoms with van der Waals surface area (Å²) in [5.41, 5.74) is 4.83. The number of hydrogen-bond acceptors (Lipinski definition) is 3. The Morgan fingerprint density at radius 1 is 1.43 bits per heavy atom. The van der Waals surface area contributed by atoms with Crippen molar-refractivity contribution >= 4 is 29.0 Å². The molecule has 0 spiro atoms. The summed E-state index contributed by atoms with van der Waals surface area (Å²) >= 11 is 1.13. The highest BCUT2D eigenvalue weighted by Gasteiger charge is 2.06. The van der Waals surface area contributed by atoms with E-state index in [-0.39, 0.29) is 11.2 Å². The number of nitrogens with zero attached hydrogens (tertiary/aromatic N) is 1. The smallest absolute Gasteiger partial charge is 0.340 e. The molecule has 0 aromatic heterocycles. The van der Waals surface area contributed by atoms with Crippen LogP contribution in [-0.2, 0) is 0 Å². The van der Waals surface area contributed by atoms with Crippen LogP contribution in [0.15, 0.2) is 4.99 Å². The number of hydrogen-bond donors (Lipinski definition) is 3. The van der Waals surface area contributed by atoms with Crippen LogP contribution in [0.3, 0.4) is 0 Å². The van der Waals surface area contributed by atoms with E-state index in [4.69, 9.17) is 5.73 Å². The van der Waals surface area contributed by atoms with Gasteiger partial charge in [-0.2, -0.15) is 4.99 Å². The van der Waals surface area contributed by atoms with Crippen LogP contribution in [0, 0.1) is 0 Å². The SMILES string of the molecule is CSC(=NC(N)=O)NC(=O)NC(C)C. The van der Waals surface area contributed by atoms with Gasteiger partial charge in [-0.25, -0.2) is 9.59 Å². The number of urea groups is 2. The van der Waals surface area contributed by atoms with E-state index in [2.05, 4.69) is 15.6 Å². The first-order valence-corrected chi connectivity index (χ1v) is 5.17. The van der Waals surface area contributed by atoms with E-state index in [1.54, 1.807) is 6.26 Å². The minimum absolute atomic E-state index is 0.0201. The van der Waals surface area contributed by atoms with Crippen LogP contribution < -0.4 is 16.4 Å². The molecule has 14 heavy (non-hydrogen) atoms. The minimum Gasteiger partial charge on any atom is -0.350 e. The summed E-state index contributed by atoms with van der Waals surface area (Å²) in [6, 6.07) is -1.22. The lowest BCUT2D eigenvalue weighted by Crippen LogP contribution is -2.41. The third kappa shape index (κ3) is 6.30. The summed E-state index contributed by atoms with van der Waals surface area (Å²) in [7, 11) is 0. The standard InChI is InChI=1S/C7H14N4O2S/c1-4(2)9-6(13)11-7(14-3)10-5(8)12/h4H,1-3H3,(H4,8,9,10,11,12,13). The molecule has 0 unspecified atom stereocenters. The fraction of sp³-hybridized carbons (Fsp3) is 0.571. The molecule has 6 nitrogen and oxygen atoms in total. The van der Waals surface area contributed by atoms with Crippen molar-refractivity contribution in [3.63, 3.8) is 0 Å². The lowest BCUT2D eigenvalue weighted by atomic mass is 10.4. The number of nitrogens with two attached hydrogens (primary N) is 1. The normalized spacial score (nSPS) is 11.3. The maximum absolute atomic E-state index is 11.1. The molecule has 4 amide bonds. The predicted octanol–water partition coefficient (Wildman–Crippen LogP) is 0.492. The quantitative estimate of drug-likeness (QED) is 0.441. The van der Waals surface area contributed by atoms with Crippen LogP contribution in [-0.4, -0.2) is 29.5 Å². The van der Waals surface area contributed by atoms with E-state index in [0.717, 1.165) is 11.8 Å². The van der Waals surface area contributed by atoms with Crippen LogP contribution in [0.4, 0.5) is 9.59 Å². The van der Waals surface area contributed by atoms with Gasteiger partial charge in [0.15, 0.2) is 5.17 Å². The van der Waals surface area contributed by atoms with Crippen molar-refractivity contribution < 1.29 is 9.59 Å². The second kappa shape index (κ2) is 6.25. The Bertz CT molecular complexity index is 252. The van der Waals surface area contributed by atoms with Gasteiger partial charge in [0.1, 0.15) is 0 Å². The highest BCUT2D eigenvalue weighted by Crippen LogP contribution is 1.94. The maximum Gasteiger partial charge on any atom is 0.340 e. The van der Waals surface area contributed by atoms with Gasteiger partial charge in [0.05, 0.1) is 0 Å². The topological polar surface area (TPSA) is 96.6 Å². The number of primary amides is 1. The van der Waals surface area contributed by atoms with Crippen LogP contribution in [0.2, 0.25) is 0 Å². The van der Waals surface area contributed by atoms with Gasteiger partial charge in [-0.1, -0.05) is 11.8 Å². The molecule has 0 aliphatic heterocycles. The zero-order valence-corrected chi connectivity index (χ0v) is 9.14. The van der Waals surface area contributed by atoms with E-state index in [1.807, 2.05) is 13.8 Å². The Morgan fingerprint density at radius 2 is 2.00 bits per heavy atom. The Hall–Kier alpha value is -1.24. The Morgan fingerprint density at radius 3 is 2.36 bits per heavy atom. The molecule has 0 rings (SSSR count). The summed E-state index contributed by atoms with van der Waals surface area (Å²) in [5.74, 6) is 0. The van der Waals surface area contributed by atoms with Crippen molar-refractivity contribution in [3.8, 4) is 0 Å². The first-order chi connectivity index (χ1) is 6.45. The largest absolute Gasteiger partial charge is 0.350 e. The fourth-order valence-corrected chi connectivity index (χ4v) is 0.996. The monoisotopic (exact) mass is 218 g/mol. The second-order valence-corrected chi connectivity index (χ2v) is 3.51. The van der Waals surface area contributed by atoms with E-state index in [1.165, 1.54) is 0 Å². The third-order valence-electron chi connectivity index (χ3n) is 1.05. The lowest BCUT2D eigenvalue weighted by molar-refractivity contribution is 0.243. The molecule has 0 saturated heterocycles. The van der Waals surface area contributed by atoms with Gasteiger partial charge in [-0.15, -0.1) is 0 Å². The number of carbonyl (C=O) groups is 2. The number of thioether (sulfide) groups is 1. The van der Waals surface area contributed by atoms with Crippen molar-refractivity contribution in [2.45, 2.75) is 19.9 Å². The van der Waals surface area contributed by atoms with Crippen molar-refractivity contribution in [1.29, 1.82) is 0 Å². The van der Waals surface area contributed by atoms with Crippen molar-refractivity contribution in [2.24, 2.45) is 10.7 Å². The average Bonchev–Trinajstić information content (AvgIpc) is 2.00. The molecule has 0 aliphatic carbocycles. The molecule has 80 valence electrons. The number of carbonyl (C=O) groups excluding carboxylic acids is 2. The van der Waals surface area contributed by atoms with Gasteiger partial charge in [0, 0.05) is 6.04 Å². The lowest BCUT2D eigenvalue weighted by Gasteiger charge is -2.09. The number of amidine groups is 1. The summed E-state index contributed by atoms with van der Waals surface area (Å²) in [6.07, 6.45) is 1.68. The Labute approximate surface area is 86.7 Å². The molecule has 0 radical (unpaired) electrons. The second-order valence-electron chi connectivity index (χ2n) is 2.71. The Balaban J connectivity index is 4.19. The zero-order valence-electron chi connectivity index (χ0n) is 8.33. The van der Waals surface area contributed by atoms with E-state index in [0.29, 0.717) is 0 Å². The molecule has 4 N–H and O–H groups in total.